The molecule has 154 valence electrons. The van der Waals surface area contributed by atoms with Gasteiger partial charge in [-0.05, 0) is 55.1 Å². The molecule has 1 aliphatic rings. The van der Waals surface area contributed by atoms with Gasteiger partial charge in [-0.2, -0.15) is 0 Å². The van der Waals surface area contributed by atoms with Gasteiger partial charge in [0, 0.05) is 11.3 Å². The number of phenolic OH excluding ortho intramolecular Hbond substituents is 1. The van der Waals surface area contributed by atoms with Crippen LogP contribution in [0.15, 0.2) is 53.4 Å². The summed E-state index contributed by atoms with van der Waals surface area (Å²) in [4.78, 5) is 49.6. The lowest BCUT2D eigenvalue weighted by Gasteiger charge is -2.12. The first kappa shape index (κ1) is 21.1. The number of nitrogens with zero attached hydrogens (tertiary/aromatic N) is 1. The molecule has 0 saturated carbocycles. The van der Waals surface area contributed by atoms with E-state index >= 15 is 0 Å². The zero-order chi connectivity index (χ0) is 21.7. The average molecular weight is 426 g/mol. The van der Waals surface area contributed by atoms with Crippen molar-refractivity contribution in [3.8, 4) is 5.75 Å². The van der Waals surface area contributed by atoms with Crippen molar-refractivity contribution in [1.82, 2.24) is 4.90 Å². The molecule has 1 saturated heterocycles. The van der Waals surface area contributed by atoms with E-state index in [1.807, 2.05) is 0 Å². The van der Waals surface area contributed by atoms with Crippen LogP contribution in [0.1, 0.15) is 22.8 Å². The van der Waals surface area contributed by atoms with E-state index in [0.717, 1.165) is 4.90 Å². The predicted molar refractivity (Wildman–Crippen MR) is 112 cm³/mol. The highest BCUT2D eigenvalue weighted by atomic mass is 32.2. The third-order valence-corrected chi connectivity index (χ3v) is 4.99. The number of aromatic hydroxyl groups is 1. The fraction of sp³-hybridized carbons (Fsp3) is 0.143. The first-order valence-electron chi connectivity index (χ1n) is 8.99. The molecule has 0 bridgehead atoms. The van der Waals surface area contributed by atoms with Gasteiger partial charge < -0.3 is 15.2 Å². The maximum absolute atomic E-state index is 12.5. The Hall–Kier alpha value is -3.59. The zero-order valence-electron chi connectivity index (χ0n) is 16.0. The van der Waals surface area contributed by atoms with Gasteiger partial charge in [-0.1, -0.05) is 18.2 Å². The molecule has 8 nitrogen and oxygen atoms in total. The number of thioether (sulfide) groups is 1. The molecule has 3 rings (SSSR count). The average Bonchev–Trinajstić information content (AvgIpc) is 2.98. The quantitative estimate of drug-likeness (QED) is 0.538. The number of hydrogen-bond acceptors (Lipinski definition) is 7. The van der Waals surface area contributed by atoms with Gasteiger partial charge in [-0.3, -0.25) is 19.3 Å². The van der Waals surface area contributed by atoms with E-state index in [9.17, 15) is 24.3 Å². The monoisotopic (exact) mass is 426 g/mol. The van der Waals surface area contributed by atoms with E-state index in [0.29, 0.717) is 28.6 Å². The molecule has 0 aromatic heterocycles. The van der Waals surface area contributed by atoms with Crippen molar-refractivity contribution < 1.29 is 29.0 Å². The summed E-state index contributed by atoms with van der Waals surface area (Å²) in [5, 5.41) is 11.8. The van der Waals surface area contributed by atoms with E-state index in [1.54, 1.807) is 25.1 Å². The smallest absolute Gasteiger partial charge is 0.338 e. The number of rotatable bonds is 6. The van der Waals surface area contributed by atoms with E-state index in [2.05, 4.69) is 5.32 Å². The number of carbonyl (C=O) groups excluding carboxylic acids is 4. The summed E-state index contributed by atoms with van der Waals surface area (Å²) in [6.45, 7) is 1.50. The molecular weight excluding hydrogens is 408 g/mol. The van der Waals surface area contributed by atoms with Crippen LogP contribution in [0.25, 0.3) is 6.08 Å². The van der Waals surface area contributed by atoms with Crippen LogP contribution in [0.3, 0.4) is 0 Å². The number of esters is 1. The fourth-order valence-electron chi connectivity index (χ4n) is 2.64. The Morgan fingerprint density at radius 3 is 2.50 bits per heavy atom. The number of ether oxygens (including phenoxy) is 1. The van der Waals surface area contributed by atoms with Crippen LogP contribution >= 0.6 is 11.8 Å². The molecule has 30 heavy (non-hydrogen) atoms. The first-order valence-corrected chi connectivity index (χ1v) is 9.81. The minimum atomic E-state index is -0.610. The van der Waals surface area contributed by atoms with Crippen LogP contribution in [-0.2, 0) is 14.3 Å². The first-order chi connectivity index (χ1) is 14.4. The van der Waals surface area contributed by atoms with Crippen LogP contribution in [0.4, 0.5) is 10.5 Å². The van der Waals surface area contributed by atoms with Crippen LogP contribution in [-0.4, -0.2) is 46.2 Å². The Balaban J connectivity index is 1.64. The lowest BCUT2D eigenvalue weighted by molar-refractivity contribution is -0.127. The van der Waals surface area contributed by atoms with Crippen molar-refractivity contribution in [3.05, 3.63) is 64.6 Å². The number of para-hydroxylation sites is 1. The largest absolute Gasteiger partial charge is 0.507 e. The van der Waals surface area contributed by atoms with Gasteiger partial charge in [0.2, 0.25) is 5.91 Å². The number of imide groups is 1. The normalized spacial score (nSPS) is 14.8. The Kier molecular flexibility index (Phi) is 6.53. The van der Waals surface area contributed by atoms with Gasteiger partial charge in [0.15, 0.2) is 0 Å². The molecule has 2 aromatic carbocycles. The minimum absolute atomic E-state index is 0.0201. The molecule has 2 N–H and O–H groups in total. The third kappa shape index (κ3) is 4.87. The van der Waals surface area contributed by atoms with Crippen molar-refractivity contribution >= 4 is 46.5 Å². The van der Waals surface area contributed by atoms with Crippen LogP contribution in [0.5, 0.6) is 5.75 Å². The second-order valence-electron chi connectivity index (χ2n) is 6.17. The standard InChI is InChI=1S/C21H18N2O6S/c1-2-29-20(27)13-7-9-15(10-8-13)22-18(25)12-23-19(26)17(30-21(23)28)11-14-5-3-4-6-16(14)24/h3-11,24H,2,12H2,1H3,(H,22,25)/b17-11-. The van der Waals surface area contributed by atoms with Gasteiger partial charge in [0.25, 0.3) is 11.1 Å². The van der Waals surface area contributed by atoms with Gasteiger partial charge in [-0.25, -0.2) is 4.79 Å². The fourth-order valence-corrected chi connectivity index (χ4v) is 3.46. The molecular formula is C21H18N2O6S. The van der Waals surface area contributed by atoms with Gasteiger partial charge >= 0.3 is 5.97 Å². The molecule has 0 spiro atoms. The Labute approximate surface area is 176 Å². The Morgan fingerprint density at radius 2 is 1.83 bits per heavy atom. The second-order valence-corrected chi connectivity index (χ2v) is 7.17. The third-order valence-electron chi connectivity index (χ3n) is 4.08. The summed E-state index contributed by atoms with van der Waals surface area (Å²) in [7, 11) is 0. The Bertz CT molecular complexity index is 1030. The summed E-state index contributed by atoms with van der Waals surface area (Å²) in [6, 6.07) is 12.5. The molecule has 1 aliphatic heterocycles. The number of phenols is 1. The van der Waals surface area contributed by atoms with Gasteiger partial charge in [0.05, 0.1) is 17.1 Å². The summed E-state index contributed by atoms with van der Waals surface area (Å²) >= 11 is 0.699. The summed E-state index contributed by atoms with van der Waals surface area (Å²) in [5.41, 5.74) is 1.15. The molecule has 9 heteroatoms. The second kappa shape index (κ2) is 9.27. The van der Waals surface area contributed by atoms with E-state index < -0.39 is 29.6 Å². The number of amides is 3. The summed E-state index contributed by atoms with van der Waals surface area (Å²) < 4.78 is 4.89. The molecule has 1 fully saturated rings. The highest BCUT2D eigenvalue weighted by Gasteiger charge is 2.36. The number of anilines is 1. The molecule has 0 atom stereocenters. The van der Waals surface area contributed by atoms with Crippen molar-refractivity contribution in [1.29, 1.82) is 0 Å². The van der Waals surface area contributed by atoms with E-state index in [4.69, 9.17) is 4.74 Å². The lowest BCUT2D eigenvalue weighted by Crippen LogP contribution is -2.36. The van der Waals surface area contributed by atoms with Crippen LogP contribution < -0.4 is 5.32 Å². The van der Waals surface area contributed by atoms with Crippen molar-refractivity contribution in [3.63, 3.8) is 0 Å². The number of nitrogens with one attached hydrogen (secondary N) is 1. The molecule has 1 heterocycles. The van der Waals surface area contributed by atoms with E-state index in [-0.39, 0.29) is 17.3 Å². The highest BCUT2D eigenvalue weighted by Crippen LogP contribution is 2.33. The maximum Gasteiger partial charge on any atom is 0.338 e. The Morgan fingerprint density at radius 1 is 1.13 bits per heavy atom. The van der Waals surface area contributed by atoms with Gasteiger partial charge in [0.1, 0.15) is 12.3 Å². The van der Waals surface area contributed by atoms with Crippen molar-refractivity contribution in [2.75, 3.05) is 18.5 Å². The van der Waals surface area contributed by atoms with Crippen LogP contribution in [0.2, 0.25) is 0 Å². The van der Waals surface area contributed by atoms with Crippen molar-refractivity contribution in [2.45, 2.75) is 6.92 Å². The van der Waals surface area contributed by atoms with E-state index in [1.165, 1.54) is 36.4 Å². The SMILES string of the molecule is CCOC(=O)c1ccc(NC(=O)CN2C(=O)S/C(=C\c3ccccc3O)C2=O)cc1. The zero-order valence-corrected chi connectivity index (χ0v) is 16.8. The molecule has 0 unspecified atom stereocenters. The topological polar surface area (TPSA) is 113 Å². The minimum Gasteiger partial charge on any atom is -0.507 e. The lowest BCUT2D eigenvalue weighted by atomic mass is 10.2. The maximum atomic E-state index is 12.5. The number of hydrogen-bond donors (Lipinski definition) is 2. The highest BCUT2D eigenvalue weighted by molar-refractivity contribution is 8.18. The molecule has 0 aliphatic carbocycles. The molecule has 0 radical (unpaired) electrons. The predicted octanol–water partition coefficient (Wildman–Crippen LogP) is 3.24. The summed E-state index contributed by atoms with van der Waals surface area (Å²) in [6.07, 6.45) is 1.41. The van der Waals surface area contributed by atoms with Crippen LogP contribution in [0, 0.1) is 0 Å². The summed E-state index contributed by atoms with van der Waals surface area (Å²) in [5.74, 6) is -1.66. The number of carbonyl (C=O) groups is 4. The molecule has 3 amide bonds. The van der Waals surface area contributed by atoms with Crippen molar-refractivity contribution in [2.24, 2.45) is 0 Å². The van der Waals surface area contributed by atoms with Gasteiger partial charge in [-0.15, -0.1) is 0 Å². The number of benzene rings is 2. The molecule has 2 aromatic rings.